The molecule has 0 aromatic rings. The van der Waals surface area contributed by atoms with Gasteiger partial charge in [-0.1, -0.05) is 13.8 Å². The summed E-state index contributed by atoms with van der Waals surface area (Å²) in [5.41, 5.74) is -0.562. The van der Waals surface area contributed by atoms with Gasteiger partial charge in [-0.2, -0.15) is 0 Å². The minimum absolute atomic E-state index is 0.00511. The predicted molar refractivity (Wildman–Crippen MR) is 69.5 cm³/mol. The fraction of sp³-hybridized carbons (Fsp3) is 0.867. The minimum Gasteiger partial charge on any atom is -0.465 e. The van der Waals surface area contributed by atoms with Crippen molar-refractivity contribution in [2.45, 2.75) is 39.2 Å². The molecule has 2 aliphatic heterocycles. The SMILES string of the molecule is C[C@H](CO)[C@@H]1[C@H]2OC(=O)[C@@H](C)[C@@H]2CC[C@@]12CCOC2=O. The summed E-state index contributed by atoms with van der Waals surface area (Å²) in [5, 5.41) is 9.58. The molecule has 0 unspecified atom stereocenters. The Balaban J connectivity index is 1.98. The van der Waals surface area contributed by atoms with Crippen molar-refractivity contribution in [2.75, 3.05) is 13.2 Å². The number of aliphatic hydroxyl groups excluding tert-OH is 1. The van der Waals surface area contributed by atoms with Gasteiger partial charge in [0.25, 0.3) is 0 Å². The van der Waals surface area contributed by atoms with Crippen molar-refractivity contribution in [2.24, 2.45) is 29.1 Å². The summed E-state index contributed by atoms with van der Waals surface area (Å²) in [6.07, 6.45) is 1.99. The van der Waals surface area contributed by atoms with E-state index in [1.807, 2.05) is 13.8 Å². The molecule has 20 heavy (non-hydrogen) atoms. The van der Waals surface area contributed by atoms with E-state index in [0.717, 1.165) is 12.8 Å². The molecule has 3 rings (SSSR count). The Hall–Kier alpha value is -1.10. The molecule has 5 nitrogen and oxygen atoms in total. The standard InChI is InChI=1S/C15H22O5/c1-8(7-16)11-12-10(9(2)13(17)20-12)3-4-15(11)5-6-19-14(15)18/h8-12,16H,3-7H2,1-2H3/t8-,9+,10+,11-,12+,15-/m1/s1. The molecule has 3 fully saturated rings. The normalized spacial score (nSPS) is 45.1. The number of carbonyl (C=O) groups is 2. The lowest BCUT2D eigenvalue weighted by Crippen LogP contribution is -2.52. The zero-order valence-electron chi connectivity index (χ0n) is 12.0. The van der Waals surface area contributed by atoms with Gasteiger partial charge >= 0.3 is 11.9 Å². The van der Waals surface area contributed by atoms with Crippen LogP contribution in [0.1, 0.15) is 33.1 Å². The van der Waals surface area contributed by atoms with Crippen molar-refractivity contribution in [3.05, 3.63) is 0 Å². The topological polar surface area (TPSA) is 72.8 Å². The third kappa shape index (κ3) is 1.72. The van der Waals surface area contributed by atoms with Crippen LogP contribution in [0.5, 0.6) is 0 Å². The molecule has 1 spiro atoms. The molecule has 1 saturated carbocycles. The van der Waals surface area contributed by atoms with Gasteiger partial charge in [0.2, 0.25) is 0 Å². The second-order valence-corrected chi connectivity index (χ2v) is 6.62. The van der Waals surface area contributed by atoms with Crippen LogP contribution in [-0.4, -0.2) is 36.4 Å². The summed E-state index contributed by atoms with van der Waals surface area (Å²) in [7, 11) is 0. The lowest BCUT2D eigenvalue weighted by molar-refractivity contribution is -0.165. The van der Waals surface area contributed by atoms with Gasteiger partial charge in [-0.15, -0.1) is 0 Å². The molecule has 5 heteroatoms. The maximum Gasteiger partial charge on any atom is 0.312 e. The monoisotopic (exact) mass is 282 g/mol. The van der Waals surface area contributed by atoms with E-state index in [1.165, 1.54) is 0 Å². The van der Waals surface area contributed by atoms with Crippen molar-refractivity contribution < 1.29 is 24.2 Å². The molecular weight excluding hydrogens is 260 g/mol. The summed E-state index contributed by atoms with van der Waals surface area (Å²) >= 11 is 0. The minimum atomic E-state index is -0.562. The van der Waals surface area contributed by atoms with Crippen LogP contribution in [0.2, 0.25) is 0 Å². The summed E-state index contributed by atoms with van der Waals surface area (Å²) in [4.78, 5) is 24.2. The number of esters is 2. The molecule has 2 saturated heterocycles. The largest absolute Gasteiger partial charge is 0.465 e. The van der Waals surface area contributed by atoms with Gasteiger partial charge in [-0.3, -0.25) is 9.59 Å². The zero-order valence-corrected chi connectivity index (χ0v) is 12.0. The third-order valence-corrected chi connectivity index (χ3v) is 5.69. The molecule has 0 radical (unpaired) electrons. The van der Waals surface area contributed by atoms with Crippen LogP contribution in [0.3, 0.4) is 0 Å². The van der Waals surface area contributed by atoms with Crippen LogP contribution in [0.4, 0.5) is 0 Å². The summed E-state index contributed by atoms with van der Waals surface area (Å²) < 4.78 is 10.8. The van der Waals surface area contributed by atoms with Crippen LogP contribution in [0.25, 0.3) is 0 Å². The Morgan fingerprint density at radius 2 is 2.15 bits per heavy atom. The Morgan fingerprint density at radius 3 is 2.75 bits per heavy atom. The molecule has 6 atom stereocenters. The van der Waals surface area contributed by atoms with Gasteiger partial charge in [0.1, 0.15) is 6.10 Å². The predicted octanol–water partition coefficient (Wildman–Crippen LogP) is 1.14. The van der Waals surface area contributed by atoms with E-state index < -0.39 is 5.41 Å². The van der Waals surface area contributed by atoms with Crippen molar-refractivity contribution in [3.63, 3.8) is 0 Å². The number of ether oxygens (including phenoxy) is 2. The van der Waals surface area contributed by atoms with Gasteiger partial charge in [-0.25, -0.2) is 0 Å². The molecular formula is C15H22O5. The third-order valence-electron chi connectivity index (χ3n) is 5.69. The van der Waals surface area contributed by atoms with Gasteiger partial charge in [0.15, 0.2) is 0 Å². The second kappa shape index (κ2) is 4.72. The van der Waals surface area contributed by atoms with Crippen molar-refractivity contribution in [3.8, 4) is 0 Å². The number of rotatable bonds is 2. The number of carbonyl (C=O) groups excluding carboxylic acids is 2. The van der Waals surface area contributed by atoms with Gasteiger partial charge in [0, 0.05) is 18.4 Å². The average Bonchev–Trinajstić information content (AvgIpc) is 2.92. The van der Waals surface area contributed by atoms with Crippen LogP contribution >= 0.6 is 0 Å². The molecule has 0 aromatic carbocycles. The van der Waals surface area contributed by atoms with Crippen molar-refractivity contribution in [1.29, 1.82) is 0 Å². The fourth-order valence-electron chi connectivity index (χ4n) is 4.53. The van der Waals surface area contributed by atoms with E-state index >= 15 is 0 Å². The molecule has 3 aliphatic rings. The molecule has 1 aliphatic carbocycles. The average molecular weight is 282 g/mol. The molecule has 1 N–H and O–H groups in total. The summed E-state index contributed by atoms with van der Waals surface area (Å²) in [5.74, 6) is -0.485. The van der Waals surface area contributed by atoms with E-state index in [0.29, 0.717) is 13.0 Å². The van der Waals surface area contributed by atoms with Crippen molar-refractivity contribution >= 4 is 11.9 Å². The van der Waals surface area contributed by atoms with E-state index in [2.05, 4.69) is 0 Å². The zero-order chi connectivity index (χ0) is 14.5. The Morgan fingerprint density at radius 1 is 1.40 bits per heavy atom. The molecule has 0 bridgehead atoms. The molecule has 0 aromatic heterocycles. The van der Waals surface area contributed by atoms with Crippen LogP contribution in [0.15, 0.2) is 0 Å². The highest BCUT2D eigenvalue weighted by molar-refractivity contribution is 5.80. The maximum absolute atomic E-state index is 12.3. The molecule has 2 heterocycles. The Kier molecular flexibility index (Phi) is 3.27. The fourth-order valence-corrected chi connectivity index (χ4v) is 4.53. The van der Waals surface area contributed by atoms with Crippen LogP contribution in [0, 0.1) is 29.1 Å². The lowest BCUT2D eigenvalue weighted by atomic mass is 9.56. The number of hydrogen-bond acceptors (Lipinski definition) is 5. The van der Waals surface area contributed by atoms with E-state index in [9.17, 15) is 14.7 Å². The molecule has 0 amide bonds. The first-order valence-corrected chi connectivity index (χ1v) is 7.50. The molecule has 112 valence electrons. The first kappa shape index (κ1) is 13.9. The smallest absolute Gasteiger partial charge is 0.312 e. The van der Waals surface area contributed by atoms with Crippen molar-refractivity contribution in [1.82, 2.24) is 0 Å². The summed E-state index contributed by atoms with van der Waals surface area (Å²) in [6, 6.07) is 0. The second-order valence-electron chi connectivity index (χ2n) is 6.62. The summed E-state index contributed by atoms with van der Waals surface area (Å²) in [6.45, 7) is 4.26. The number of hydrogen-bond donors (Lipinski definition) is 1. The van der Waals surface area contributed by atoms with Crippen LogP contribution in [-0.2, 0) is 19.1 Å². The van der Waals surface area contributed by atoms with E-state index in [-0.39, 0.29) is 48.3 Å². The van der Waals surface area contributed by atoms with Crippen LogP contribution < -0.4 is 0 Å². The van der Waals surface area contributed by atoms with Gasteiger partial charge in [-0.05, 0) is 25.2 Å². The van der Waals surface area contributed by atoms with Gasteiger partial charge in [0.05, 0.1) is 17.9 Å². The van der Waals surface area contributed by atoms with E-state index in [1.54, 1.807) is 0 Å². The highest BCUT2D eigenvalue weighted by Crippen LogP contribution is 2.56. The number of cyclic esters (lactones) is 1. The highest BCUT2D eigenvalue weighted by Gasteiger charge is 2.62. The van der Waals surface area contributed by atoms with Gasteiger partial charge < -0.3 is 14.6 Å². The van der Waals surface area contributed by atoms with E-state index in [4.69, 9.17) is 9.47 Å². The maximum atomic E-state index is 12.3. The Bertz CT molecular complexity index is 434. The Labute approximate surface area is 118 Å². The quantitative estimate of drug-likeness (QED) is 0.769. The first-order valence-electron chi connectivity index (χ1n) is 7.50. The highest BCUT2D eigenvalue weighted by atomic mass is 16.6. The first-order chi connectivity index (χ1) is 9.51. The number of aliphatic hydroxyl groups is 1. The number of fused-ring (bicyclic) bond motifs is 1. The lowest BCUT2D eigenvalue weighted by Gasteiger charge is -2.46.